The van der Waals surface area contributed by atoms with Crippen molar-refractivity contribution in [3.8, 4) is 0 Å². The van der Waals surface area contributed by atoms with E-state index in [-0.39, 0.29) is 0 Å². The minimum Gasteiger partial charge on any atom is -0.310 e. The second-order valence-electron chi connectivity index (χ2n) is 3.36. The number of aromatic nitrogens is 2. The van der Waals surface area contributed by atoms with E-state index in [1.807, 2.05) is 17.8 Å². The van der Waals surface area contributed by atoms with Gasteiger partial charge in [0.2, 0.25) is 0 Å². The first kappa shape index (κ1) is 11.5. The third-order valence-electron chi connectivity index (χ3n) is 1.85. The van der Waals surface area contributed by atoms with Gasteiger partial charge in [0.05, 0.1) is 6.54 Å². The summed E-state index contributed by atoms with van der Waals surface area (Å²) in [5.41, 5.74) is 0. The number of thioether (sulfide) groups is 1. The minimum absolute atomic E-state index is 0.703. The van der Waals surface area contributed by atoms with Crippen molar-refractivity contribution in [2.75, 3.05) is 18.6 Å². The van der Waals surface area contributed by atoms with E-state index in [1.54, 1.807) is 12.4 Å². The smallest absolute Gasteiger partial charge is 0.141 e. The Balaban J connectivity index is 2.16. The van der Waals surface area contributed by atoms with Crippen LogP contribution in [0.4, 0.5) is 0 Å². The molecule has 1 heterocycles. The maximum atomic E-state index is 4.14. The second-order valence-corrected chi connectivity index (χ2v) is 4.27. The summed E-state index contributed by atoms with van der Waals surface area (Å²) in [6, 6.07) is 1.83. The number of nitrogens with zero attached hydrogens (tertiary/aromatic N) is 2. The predicted octanol–water partition coefficient (Wildman–Crippen LogP) is 1.57. The highest BCUT2D eigenvalue weighted by atomic mass is 32.2. The molecule has 0 saturated carbocycles. The van der Waals surface area contributed by atoms with Crippen LogP contribution in [0.2, 0.25) is 0 Å². The molecule has 0 fully saturated rings. The van der Waals surface area contributed by atoms with Crippen LogP contribution in [0.25, 0.3) is 0 Å². The van der Waals surface area contributed by atoms with Crippen LogP contribution in [-0.2, 0) is 6.54 Å². The van der Waals surface area contributed by atoms with E-state index < -0.39 is 0 Å². The first-order valence-electron chi connectivity index (χ1n) is 4.78. The van der Waals surface area contributed by atoms with Gasteiger partial charge < -0.3 is 5.32 Å². The summed E-state index contributed by atoms with van der Waals surface area (Å²) in [4.78, 5) is 8.29. The number of hydrogen-bond acceptors (Lipinski definition) is 4. The summed E-state index contributed by atoms with van der Waals surface area (Å²) < 4.78 is 0. The topological polar surface area (TPSA) is 37.8 Å². The van der Waals surface area contributed by atoms with Crippen molar-refractivity contribution in [3.63, 3.8) is 0 Å². The average Bonchev–Trinajstić information content (AvgIpc) is 2.20. The zero-order chi connectivity index (χ0) is 10.2. The van der Waals surface area contributed by atoms with E-state index in [9.17, 15) is 0 Å². The summed E-state index contributed by atoms with van der Waals surface area (Å²) in [6.07, 6.45) is 5.68. The van der Waals surface area contributed by atoms with Crippen LogP contribution in [0.3, 0.4) is 0 Å². The summed E-state index contributed by atoms with van der Waals surface area (Å²) in [6.45, 7) is 4.04. The molecule has 1 unspecified atom stereocenters. The second kappa shape index (κ2) is 6.79. The van der Waals surface area contributed by atoms with Crippen LogP contribution < -0.4 is 5.32 Å². The molecule has 1 rings (SSSR count). The molecule has 1 aromatic rings. The quantitative estimate of drug-likeness (QED) is 0.775. The van der Waals surface area contributed by atoms with E-state index in [1.165, 1.54) is 5.75 Å². The largest absolute Gasteiger partial charge is 0.310 e. The SMILES string of the molecule is CSCC(C)CNCc1ncccn1. The predicted molar refractivity (Wildman–Crippen MR) is 61.3 cm³/mol. The highest BCUT2D eigenvalue weighted by Gasteiger charge is 2.00. The van der Waals surface area contributed by atoms with Gasteiger partial charge in [-0.15, -0.1) is 0 Å². The molecule has 0 aliphatic carbocycles. The molecular weight excluding hydrogens is 194 g/mol. The highest BCUT2D eigenvalue weighted by molar-refractivity contribution is 7.98. The molecule has 0 saturated heterocycles. The Labute approximate surface area is 89.7 Å². The van der Waals surface area contributed by atoms with Gasteiger partial charge in [-0.05, 0) is 30.5 Å². The zero-order valence-corrected chi connectivity index (χ0v) is 9.55. The van der Waals surface area contributed by atoms with Crippen molar-refractivity contribution >= 4 is 11.8 Å². The fraction of sp³-hybridized carbons (Fsp3) is 0.600. The Morgan fingerprint density at radius 2 is 2.14 bits per heavy atom. The molecule has 1 N–H and O–H groups in total. The van der Waals surface area contributed by atoms with Gasteiger partial charge >= 0.3 is 0 Å². The van der Waals surface area contributed by atoms with Gasteiger partial charge in [-0.2, -0.15) is 11.8 Å². The molecule has 14 heavy (non-hydrogen) atoms. The van der Waals surface area contributed by atoms with Crippen LogP contribution in [-0.4, -0.2) is 28.5 Å². The van der Waals surface area contributed by atoms with Gasteiger partial charge in [-0.1, -0.05) is 6.92 Å². The minimum atomic E-state index is 0.703. The molecule has 0 spiro atoms. The molecular formula is C10H17N3S. The Kier molecular flexibility index (Phi) is 5.56. The molecule has 0 aliphatic rings. The van der Waals surface area contributed by atoms with Gasteiger partial charge in [0.1, 0.15) is 5.82 Å². The van der Waals surface area contributed by atoms with Gasteiger partial charge in [-0.3, -0.25) is 0 Å². The summed E-state index contributed by atoms with van der Waals surface area (Å²) in [5, 5.41) is 3.35. The number of rotatable bonds is 6. The molecule has 0 aliphatic heterocycles. The molecule has 3 nitrogen and oxygen atoms in total. The molecule has 1 atom stereocenters. The van der Waals surface area contributed by atoms with Crippen LogP contribution >= 0.6 is 11.8 Å². The van der Waals surface area contributed by atoms with E-state index in [0.29, 0.717) is 5.92 Å². The maximum Gasteiger partial charge on any atom is 0.141 e. The lowest BCUT2D eigenvalue weighted by Crippen LogP contribution is -2.22. The van der Waals surface area contributed by atoms with E-state index >= 15 is 0 Å². The number of nitrogens with one attached hydrogen (secondary N) is 1. The van der Waals surface area contributed by atoms with E-state index in [2.05, 4.69) is 28.5 Å². The van der Waals surface area contributed by atoms with Crippen molar-refractivity contribution in [1.82, 2.24) is 15.3 Å². The first-order chi connectivity index (χ1) is 6.83. The van der Waals surface area contributed by atoms with Gasteiger partial charge in [0.15, 0.2) is 0 Å². The van der Waals surface area contributed by atoms with Crippen LogP contribution in [0.5, 0.6) is 0 Å². The Hall–Kier alpha value is -0.610. The lowest BCUT2D eigenvalue weighted by Gasteiger charge is -2.09. The third kappa shape index (κ3) is 4.58. The average molecular weight is 211 g/mol. The van der Waals surface area contributed by atoms with Crippen LogP contribution in [0, 0.1) is 5.92 Å². The molecule has 0 amide bonds. The summed E-state index contributed by atoms with van der Waals surface area (Å²) in [7, 11) is 0. The van der Waals surface area contributed by atoms with Crippen LogP contribution in [0.1, 0.15) is 12.7 Å². The van der Waals surface area contributed by atoms with Crippen molar-refractivity contribution in [2.24, 2.45) is 5.92 Å². The van der Waals surface area contributed by atoms with Crippen molar-refractivity contribution in [2.45, 2.75) is 13.5 Å². The fourth-order valence-corrected chi connectivity index (χ4v) is 1.88. The first-order valence-corrected chi connectivity index (χ1v) is 6.18. The molecule has 78 valence electrons. The van der Waals surface area contributed by atoms with Crippen molar-refractivity contribution < 1.29 is 0 Å². The Morgan fingerprint density at radius 3 is 2.79 bits per heavy atom. The molecule has 0 aromatic carbocycles. The maximum absolute atomic E-state index is 4.14. The van der Waals surface area contributed by atoms with Gasteiger partial charge in [0, 0.05) is 12.4 Å². The summed E-state index contributed by atoms with van der Waals surface area (Å²) >= 11 is 1.88. The van der Waals surface area contributed by atoms with Gasteiger partial charge in [-0.25, -0.2) is 9.97 Å². The lowest BCUT2D eigenvalue weighted by atomic mass is 10.2. The molecule has 0 radical (unpaired) electrons. The lowest BCUT2D eigenvalue weighted by molar-refractivity contribution is 0.549. The zero-order valence-electron chi connectivity index (χ0n) is 8.73. The van der Waals surface area contributed by atoms with E-state index in [4.69, 9.17) is 0 Å². The molecule has 0 bridgehead atoms. The normalized spacial score (nSPS) is 12.7. The van der Waals surface area contributed by atoms with Crippen molar-refractivity contribution in [3.05, 3.63) is 24.3 Å². The highest BCUT2D eigenvalue weighted by Crippen LogP contribution is 2.02. The Bertz CT molecular complexity index is 240. The van der Waals surface area contributed by atoms with Gasteiger partial charge in [0.25, 0.3) is 0 Å². The third-order valence-corrected chi connectivity index (χ3v) is 2.75. The van der Waals surface area contributed by atoms with Crippen molar-refractivity contribution in [1.29, 1.82) is 0 Å². The monoisotopic (exact) mass is 211 g/mol. The molecule has 1 aromatic heterocycles. The number of hydrogen-bond donors (Lipinski definition) is 1. The Morgan fingerprint density at radius 1 is 1.43 bits per heavy atom. The summed E-state index contributed by atoms with van der Waals surface area (Å²) in [5.74, 6) is 2.76. The molecule has 4 heteroatoms. The van der Waals surface area contributed by atoms with E-state index in [0.717, 1.165) is 18.9 Å². The fourth-order valence-electron chi connectivity index (χ4n) is 1.20. The van der Waals surface area contributed by atoms with Crippen LogP contribution in [0.15, 0.2) is 18.5 Å². The standard InChI is InChI=1S/C10H17N3S/c1-9(8-14-2)6-11-7-10-12-4-3-5-13-10/h3-5,9,11H,6-8H2,1-2H3.